The lowest BCUT2D eigenvalue weighted by atomic mass is 9.89. The molecule has 0 unspecified atom stereocenters. The van der Waals surface area contributed by atoms with Crippen molar-refractivity contribution in [2.75, 3.05) is 0 Å². The fourth-order valence-corrected chi connectivity index (χ4v) is 4.11. The van der Waals surface area contributed by atoms with Crippen LogP contribution in [-0.4, -0.2) is 28.1 Å². The van der Waals surface area contributed by atoms with E-state index in [2.05, 4.69) is 24.2 Å². The number of hydrogen-bond donors (Lipinski definition) is 1. The van der Waals surface area contributed by atoms with Crippen molar-refractivity contribution in [2.45, 2.75) is 45.7 Å². The van der Waals surface area contributed by atoms with Gasteiger partial charge >= 0.3 is 0 Å². The van der Waals surface area contributed by atoms with Gasteiger partial charge in [0.15, 0.2) is 0 Å². The van der Waals surface area contributed by atoms with Gasteiger partial charge in [-0.2, -0.15) is 4.99 Å². The Morgan fingerprint density at radius 1 is 1.44 bits per heavy atom. The Labute approximate surface area is 152 Å². The minimum absolute atomic E-state index is 0.0643. The van der Waals surface area contributed by atoms with Crippen LogP contribution in [0.2, 0.25) is 0 Å². The van der Waals surface area contributed by atoms with Gasteiger partial charge in [-0.25, -0.2) is 0 Å². The number of thiophene rings is 1. The number of amides is 2. The first-order valence-corrected chi connectivity index (χ1v) is 9.31. The summed E-state index contributed by atoms with van der Waals surface area (Å²) in [5, 5.41) is 5.17. The van der Waals surface area contributed by atoms with Gasteiger partial charge in [-0.15, -0.1) is 11.3 Å². The fourth-order valence-electron chi connectivity index (χ4n) is 3.16. The van der Waals surface area contributed by atoms with Crippen LogP contribution < -0.4 is 5.32 Å². The van der Waals surface area contributed by atoms with Crippen molar-refractivity contribution < 1.29 is 9.59 Å². The molecule has 0 saturated heterocycles. The average molecular weight is 357 g/mol. The van der Waals surface area contributed by atoms with Crippen molar-refractivity contribution in [2.24, 2.45) is 10.9 Å². The molecule has 2 aliphatic heterocycles. The molecule has 2 aliphatic rings. The summed E-state index contributed by atoms with van der Waals surface area (Å²) in [4.78, 5) is 32.4. The predicted octanol–water partition coefficient (Wildman–Crippen LogP) is 3.42. The molecule has 1 aromatic rings. The van der Waals surface area contributed by atoms with Gasteiger partial charge in [-0.1, -0.05) is 19.9 Å². The molecule has 0 spiro atoms. The first kappa shape index (κ1) is 17.6. The molecule has 2 atom stereocenters. The van der Waals surface area contributed by atoms with E-state index in [0.717, 1.165) is 10.5 Å². The number of allylic oxidation sites excluding steroid dienone is 2. The smallest absolute Gasteiger partial charge is 0.250 e. The Balaban J connectivity index is 1.89. The number of hydrogen-bond acceptors (Lipinski definition) is 4. The van der Waals surface area contributed by atoms with Crippen LogP contribution in [0.5, 0.6) is 0 Å². The van der Waals surface area contributed by atoms with Crippen molar-refractivity contribution in [1.29, 1.82) is 0 Å². The molecular weight excluding hydrogens is 334 g/mol. The Morgan fingerprint density at radius 3 is 2.84 bits per heavy atom. The maximum absolute atomic E-state index is 13.2. The van der Waals surface area contributed by atoms with E-state index in [-0.39, 0.29) is 30.2 Å². The lowest BCUT2D eigenvalue weighted by molar-refractivity contribution is -0.135. The highest BCUT2D eigenvalue weighted by Crippen LogP contribution is 2.32. The largest absolute Gasteiger partial charge is 0.346 e. The highest BCUT2D eigenvalue weighted by Gasteiger charge is 2.46. The summed E-state index contributed by atoms with van der Waals surface area (Å²) < 4.78 is 0. The van der Waals surface area contributed by atoms with Crippen molar-refractivity contribution in [3.05, 3.63) is 46.3 Å². The number of rotatable bonds is 4. The number of carbonyl (C=O) groups excluding carboxylic acids is 2. The third-order valence-electron chi connectivity index (χ3n) is 4.65. The first-order chi connectivity index (χ1) is 11.8. The molecule has 3 rings (SSSR count). The van der Waals surface area contributed by atoms with Gasteiger partial charge in [0, 0.05) is 11.1 Å². The molecule has 3 heterocycles. The minimum atomic E-state index is -0.980. The lowest BCUT2D eigenvalue weighted by Gasteiger charge is -2.43. The van der Waals surface area contributed by atoms with Gasteiger partial charge in [0.2, 0.25) is 5.91 Å². The molecule has 25 heavy (non-hydrogen) atoms. The second-order valence-electron chi connectivity index (χ2n) is 7.10. The summed E-state index contributed by atoms with van der Waals surface area (Å²) >= 11 is 1.63. The Hall–Kier alpha value is -2.21. The number of fused-ring (bicyclic) bond motifs is 1. The van der Waals surface area contributed by atoms with Crippen molar-refractivity contribution in [3.63, 3.8) is 0 Å². The third-order valence-corrected chi connectivity index (χ3v) is 5.60. The number of amidine groups is 1. The molecule has 0 radical (unpaired) electrons. The van der Waals surface area contributed by atoms with Crippen LogP contribution in [-0.2, 0) is 9.59 Å². The van der Waals surface area contributed by atoms with Gasteiger partial charge in [0.25, 0.3) is 5.91 Å². The van der Waals surface area contributed by atoms with Crippen molar-refractivity contribution >= 4 is 29.0 Å². The molecular formula is C19H23N3O2S. The molecule has 0 aromatic carbocycles. The quantitative estimate of drug-likeness (QED) is 0.898. The topological polar surface area (TPSA) is 61.8 Å². The van der Waals surface area contributed by atoms with E-state index in [0.29, 0.717) is 5.84 Å². The molecule has 5 nitrogen and oxygen atoms in total. The van der Waals surface area contributed by atoms with Crippen molar-refractivity contribution in [3.8, 4) is 0 Å². The Morgan fingerprint density at radius 2 is 2.20 bits per heavy atom. The SMILES string of the molecule is CC1=CC2=NC(=O)C[C@](C)(C(=O)N[C@@H](c3cccs3)C(C)C)N2C=C1. The maximum atomic E-state index is 13.2. The van der Waals surface area contributed by atoms with E-state index in [4.69, 9.17) is 0 Å². The normalized spacial score (nSPS) is 23.9. The Bertz CT molecular complexity index is 777. The number of aliphatic imine (C=N–C) groups is 1. The summed E-state index contributed by atoms with van der Waals surface area (Å²) in [5.41, 5.74) is 0.0258. The maximum Gasteiger partial charge on any atom is 0.250 e. The van der Waals surface area contributed by atoms with Crippen LogP contribution in [0.15, 0.2) is 46.4 Å². The molecule has 0 bridgehead atoms. The zero-order valence-electron chi connectivity index (χ0n) is 14.9. The second-order valence-corrected chi connectivity index (χ2v) is 8.08. The van der Waals surface area contributed by atoms with E-state index in [1.165, 1.54) is 0 Å². The molecule has 1 N–H and O–H groups in total. The van der Waals surface area contributed by atoms with Crippen LogP contribution in [0.25, 0.3) is 0 Å². The number of nitrogens with one attached hydrogen (secondary N) is 1. The van der Waals surface area contributed by atoms with Crippen LogP contribution in [0, 0.1) is 5.92 Å². The number of carbonyl (C=O) groups is 2. The number of nitrogens with zero attached hydrogens (tertiary/aromatic N) is 2. The van der Waals surface area contributed by atoms with Crippen LogP contribution in [0.1, 0.15) is 45.0 Å². The van der Waals surface area contributed by atoms with E-state index in [1.54, 1.807) is 18.3 Å². The van der Waals surface area contributed by atoms with Crippen LogP contribution in [0.4, 0.5) is 0 Å². The average Bonchev–Trinajstić information content (AvgIpc) is 3.05. The van der Waals surface area contributed by atoms with Gasteiger partial charge in [-0.05, 0) is 48.9 Å². The predicted molar refractivity (Wildman–Crippen MR) is 100 cm³/mol. The minimum Gasteiger partial charge on any atom is -0.346 e. The molecule has 0 fully saturated rings. The zero-order valence-corrected chi connectivity index (χ0v) is 15.8. The van der Waals surface area contributed by atoms with Crippen LogP contribution in [0.3, 0.4) is 0 Å². The highest BCUT2D eigenvalue weighted by atomic mass is 32.1. The van der Waals surface area contributed by atoms with Gasteiger partial charge in [-0.3, -0.25) is 9.59 Å². The summed E-state index contributed by atoms with van der Waals surface area (Å²) in [6.45, 7) is 7.91. The molecule has 132 valence electrons. The summed E-state index contributed by atoms with van der Waals surface area (Å²) in [5.74, 6) is 0.363. The summed E-state index contributed by atoms with van der Waals surface area (Å²) in [7, 11) is 0. The van der Waals surface area contributed by atoms with Crippen LogP contribution >= 0.6 is 11.3 Å². The van der Waals surface area contributed by atoms with Gasteiger partial charge < -0.3 is 10.2 Å². The van der Waals surface area contributed by atoms with E-state index in [9.17, 15) is 9.59 Å². The monoisotopic (exact) mass is 357 g/mol. The second kappa shape index (κ2) is 6.59. The molecule has 2 amide bonds. The third kappa shape index (κ3) is 3.31. The summed E-state index contributed by atoms with van der Waals surface area (Å²) in [6.07, 6.45) is 5.67. The first-order valence-electron chi connectivity index (χ1n) is 8.43. The molecule has 0 saturated carbocycles. The Kier molecular flexibility index (Phi) is 4.64. The van der Waals surface area contributed by atoms with Gasteiger partial charge in [0.1, 0.15) is 11.4 Å². The van der Waals surface area contributed by atoms with Gasteiger partial charge in [0.05, 0.1) is 12.5 Å². The van der Waals surface area contributed by atoms with E-state index < -0.39 is 5.54 Å². The zero-order chi connectivity index (χ0) is 18.2. The standard InChI is InChI=1S/C19H23N3O2S/c1-12(2)17(14-6-5-9-25-14)21-18(24)19(4)11-16(23)20-15-10-13(3)7-8-22(15)19/h5-10,12,17H,11H2,1-4H3,(H,21,24)/t17-,19-/m1/s1. The summed E-state index contributed by atoms with van der Waals surface area (Å²) in [6, 6.07) is 3.94. The molecule has 6 heteroatoms. The van der Waals surface area contributed by atoms with E-state index >= 15 is 0 Å². The molecule has 1 aromatic heterocycles. The van der Waals surface area contributed by atoms with E-state index in [1.807, 2.05) is 47.7 Å². The fraction of sp³-hybridized carbons (Fsp3) is 0.421. The highest BCUT2D eigenvalue weighted by molar-refractivity contribution is 7.10. The lowest BCUT2D eigenvalue weighted by Crippen LogP contribution is -2.60. The molecule has 0 aliphatic carbocycles. The van der Waals surface area contributed by atoms with Crippen molar-refractivity contribution in [1.82, 2.24) is 10.2 Å².